The lowest BCUT2D eigenvalue weighted by atomic mass is 10.2. The Kier molecular flexibility index (Phi) is 4.26. The quantitative estimate of drug-likeness (QED) is 0.878. The molecule has 6 nitrogen and oxygen atoms in total. The molecular formula is C19H23N5O. The Labute approximate surface area is 147 Å². The van der Waals surface area contributed by atoms with Crippen molar-refractivity contribution < 1.29 is 4.79 Å². The normalized spacial score (nSPS) is 19.7. The van der Waals surface area contributed by atoms with E-state index in [1.165, 1.54) is 5.56 Å². The molecule has 1 aromatic heterocycles. The third-order valence-electron chi connectivity index (χ3n) is 4.70. The van der Waals surface area contributed by atoms with Gasteiger partial charge < -0.3 is 15.5 Å². The summed E-state index contributed by atoms with van der Waals surface area (Å²) in [6.07, 6.45) is 5.79. The number of carbonyl (C=O) groups excluding carboxylic acids is 1. The average Bonchev–Trinajstić information content (AvgIpc) is 3.29. The van der Waals surface area contributed by atoms with E-state index in [4.69, 9.17) is 0 Å². The van der Waals surface area contributed by atoms with Gasteiger partial charge in [-0.05, 0) is 50.8 Å². The molecule has 2 fully saturated rings. The van der Waals surface area contributed by atoms with Gasteiger partial charge in [0.05, 0.1) is 0 Å². The summed E-state index contributed by atoms with van der Waals surface area (Å²) >= 11 is 0. The molecule has 0 spiro atoms. The van der Waals surface area contributed by atoms with E-state index in [1.807, 2.05) is 23.1 Å². The Morgan fingerprint density at radius 1 is 1.16 bits per heavy atom. The number of hydrogen-bond donors (Lipinski definition) is 2. The van der Waals surface area contributed by atoms with Gasteiger partial charge in [-0.1, -0.05) is 17.7 Å². The Morgan fingerprint density at radius 3 is 2.72 bits per heavy atom. The van der Waals surface area contributed by atoms with Crippen LogP contribution in [0.3, 0.4) is 0 Å². The van der Waals surface area contributed by atoms with Crippen molar-refractivity contribution >= 4 is 23.4 Å². The number of aryl methyl sites for hydroxylation is 1. The van der Waals surface area contributed by atoms with Gasteiger partial charge in [0.15, 0.2) is 0 Å². The van der Waals surface area contributed by atoms with Gasteiger partial charge in [0.1, 0.15) is 11.9 Å². The second kappa shape index (κ2) is 6.70. The van der Waals surface area contributed by atoms with E-state index in [1.54, 1.807) is 6.20 Å². The molecule has 1 aliphatic carbocycles. The second-order valence-electron chi connectivity index (χ2n) is 6.87. The number of nitrogens with zero attached hydrogens (tertiary/aromatic N) is 3. The summed E-state index contributed by atoms with van der Waals surface area (Å²) in [5.41, 5.74) is 2.20. The SMILES string of the molecule is Cc1ccc(Nc2ccnc(N3CCCC3C(=O)NC3CC3)n2)cc1. The van der Waals surface area contributed by atoms with Crippen molar-refractivity contribution in [2.45, 2.75) is 44.7 Å². The molecule has 1 saturated carbocycles. The summed E-state index contributed by atoms with van der Waals surface area (Å²) in [5, 5.41) is 6.41. The second-order valence-corrected chi connectivity index (χ2v) is 6.87. The van der Waals surface area contributed by atoms with Crippen molar-refractivity contribution in [1.29, 1.82) is 0 Å². The van der Waals surface area contributed by atoms with Gasteiger partial charge in [0, 0.05) is 24.5 Å². The summed E-state index contributed by atoms with van der Waals surface area (Å²) < 4.78 is 0. The maximum atomic E-state index is 12.5. The molecular weight excluding hydrogens is 314 g/mol. The molecule has 130 valence electrons. The Morgan fingerprint density at radius 2 is 1.96 bits per heavy atom. The zero-order valence-electron chi connectivity index (χ0n) is 14.4. The standard InChI is InChI=1S/C19H23N5O/c1-13-4-6-14(7-5-13)21-17-10-11-20-19(23-17)24-12-2-3-16(24)18(25)22-15-8-9-15/h4-7,10-11,15-16H,2-3,8-9,12H2,1H3,(H,22,25)(H,20,21,23). The fraction of sp³-hybridized carbons (Fsp3) is 0.421. The van der Waals surface area contributed by atoms with Gasteiger partial charge in [0.2, 0.25) is 11.9 Å². The van der Waals surface area contributed by atoms with Crippen LogP contribution in [0.25, 0.3) is 0 Å². The molecule has 0 bridgehead atoms. The Hall–Kier alpha value is -2.63. The average molecular weight is 337 g/mol. The van der Waals surface area contributed by atoms with Crippen LogP contribution in [0.5, 0.6) is 0 Å². The molecule has 1 unspecified atom stereocenters. The fourth-order valence-corrected chi connectivity index (χ4v) is 3.14. The van der Waals surface area contributed by atoms with Crippen molar-refractivity contribution in [2.24, 2.45) is 0 Å². The molecule has 4 rings (SSSR count). The topological polar surface area (TPSA) is 70.2 Å². The predicted octanol–water partition coefficient (Wildman–Crippen LogP) is 2.78. The summed E-state index contributed by atoms with van der Waals surface area (Å²) in [5.74, 6) is 1.47. The van der Waals surface area contributed by atoms with Gasteiger partial charge in [-0.3, -0.25) is 4.79 Å². The highest BCUT2D eigenvalue weighted by Crippen LogP contribution is 2.26. The molecule has 1 amide bonds. The Bertz CT molecular complexity index is 757. The first-order valence-corrected chi connectivity index (χ1v) is 8.93. The molecule has 1 aromatic carbocycles. The number of amides is 1. The molecule has 6 heteroatoms. The Balaban J connectivity index is 1.49. The van der Waals surface area contributed by atoms with Crippen molar-refractivity contribution in [3.05, 3.63) is 42.1 Å². The lowest BCUT2D eigenvalue weighted by Gasteiger charge is -2.24. The highest BCUT2D eigenvalue weighted by Gasteiger charge is 2.35. The van der Waals surface area contributed by atoms with Gasteiger partial charge in [0.25, 0.3) is 0 Å². The van der Waals surface area contributed by atoms with Crippen molar-refractivity contribution in [3.63, 3.8) is 0 Å². The molecule has 2 N–H and O–H groups in total. The lowest BCUT2D eigenvalue weighted by molar-refractivity contribution is -0.122. The van der Waals surface area contributed by atoms with E-state index >= 15 is 0 Å². The maximum absolute atomic E-state index is 12.5. The maximum Gasteiger partial charge on any atom is 0.243 e. The van der Waals surface area contributed by atoms with E-state index in [0.717, 1.165) is 43.7 Å². The van der Waals surface area contributed by atoms with Crippen molar-refractivity contribution in [1.82, 2.24) is 15.3 Å². The molecule has 25 heavy (non-hydrogen) atoms. The highest BCUT2D eigenvalue weighted by molar-refractivity contribution is 5.85. The van der Waals surface area contributed by atoms with E-state index in [-0.39, 0.29) is 11.9 Å². The van der Waals surface area contributed by atoms with Crippen LogP contribution in [0.2, 0.25) is 0 Å². The minimum Gasteiger partial charge on any atom is -0.352 e. The third kappa shape index (κ3) is 3.73. The van der Waals surface area contributed by atoms with Crippen LogP contribution in [0.1, 0.15) is 31.2 Å². The van der Waals surface area contributed by atoms with E-state index in [2.05, 4.69) is 39.7 Å². The first-order chi connectivity index (χ1) is 12.2. The highest BCUT2D eigenvalue weighted by atomic mass is 16.2. The minimum atomic E-state index is -0.157. The van der Waals surface area contributed by atoms with Crippen LogP contribution in [0.4, 0.5) is 17.5 Å². The molecule has 2 heterocycles. The molecule has 1 saturated heterocycles. The monoisotopic (exact) mass is 337 g/mol. The van der Waals surface area contributed by atoms with Crippen LogP contribution < -0.4 is 15.5 Å². The van der Waals surface area contributed by atoms with Crippen molar-refractivity contribution in [3.8, 4) is 0 Å². The summed E-state index contributed by atoms with van der Waals surface area (Å²) in [6, 6.07) is 10.2. The zero-order chi connectivity index (χ0) is 17.2. The van der Waals surface area contributed by atoms with E-state index in [9.17, 15) is 4.79 Å². The van der Waals surface area contributed by atoms with E-state index < -0.39 is 0 Å². The molecule has 1 aliphatic heterocycles. The van der Waals surface area contributed by atoms with Crippen molar-refractivity contribution in [2.75, 3.05) is 16.8 Å². The molecule has 1 atom stereocenters. The number of carbonyl (C=O) groups is 1. The van der Waals surface area contributed by atoms with Crippen LogP contribution in [-0.4, -0.2) is 34.5 Å². The molecule has 2 aliphatic rings. The van der Waals surface area contributed by atoms with Gasteiger partial charge >= 0.3 is 0 Å². The summed E-state index contributed by atoms with van der Waals surface area (Å²) in [7, 11) is 0. The first-order valence-electron chi connectivity index (χ1n) is 8.93. The van der Waals surface area contributed by atoms with Gasteiger partial charge in [-0.2, -0.15) is 4.98 Å². The third-order valence-corrected chi connectivity index (χ3v) is 4.70. The number of nitrogens with one attached hydrogen (secondary N) is 2. The fourth-order valence-electron chi connectivity index (χ4n) is 3.14. The van der Waals surface area contributed by atoms with E-state index in [0.29, 0.717) is 12.0 Å². The van der Waals surface area contributed by atoms with Gasteiger partial charge in [-0.25, -0.2) is 4.98 Å². The van der Waals surface area contributed by atoms with Crippen LogP contribution in [-0.2, 0) is 4.79 Å². The number of anilines is 3. The largest absolute Gasteiger partial charge is 0.352 e. The molecule has 2 aromatic rings. The number of benzene rings is 1. The molecule has 0 radical (unpaired) electrons. The summed E-state index contributed by atoms with van der Waals surface area (Å²) in [4.78, 5) is 23.5. The number of aromatic nitrogens is 2. The smallest absolute Gasteiger partial charge is 0.243 e. The van der Waals surface area contributed by atoms with Crippen LogP contribution in [0, 0.1) is 6.92 Å². The number of hydrogen-bond acceptors (Lipinski definition) is 5. The summed E-state index contributed by atoms with van der Waals surface area (Å²) in [6.45, 7) is 2.88. The van der Waals surface area contributed by atoms with Crippen LogP contribution >= 0.6 is 0 Å². The predicted molar refractivity (Wildman–Crippen MR) is 98.0 cm³/mol. The zero-order valence-corrected chi connectivity index (χ0v) is 14.4. The van der Waals surface area contributed by atoms with Gasteiger partial charge in [-0.15, -0.1) is 0 Å². The number of rotatable bonds is 5. The first kappa shape index (κ1) is 15.9. The van der Waals surface area contributed by atoms with Crippen LogP contribution in [0.15, 0.2) is 36.5 Å². The minimum absolute atomic E-state index is 0.112. The lowest BCUT2D eigenvalue weighted by Crippen LogP contribution is -2.44.